The predicted molar refractivity (Wildman–Crippen MR) is 154 cm³/mol. The summed E-state index contributed by atoms with van der Waals surface area (Å²) in [4.78, 5) is 43.8. The highest BCUT2D eigenvalue weighted by molar-refractivity contribution is 6.36. The van der Waals surface area contributed by atoms with Gasteiger partial charge in [-0.2, -0.15) is 15.2 Å². The van der Waals surface area contributed by atoms with Crippen molar-refractivity contribution in [2.24, 2.45) is 0 Å². The molecule has 2 aliphatic rings. The molecule has 4 heterocycles. The zero-order valence-electron chi connectivity index (χ0n) is 22.1. The lowest BCUT2D eigenvalue weighted by molar-refractivity contribution is 0.188. The fourth-order valence-electron chi connectivity index (χ4n) is 5.66. The van der Waals surface area contributed by atoms with Gasteiger partial charge in [0.2, 0.25) is 0 Å². The van der Waals surface area contributed by atoms with Crippen molar-refractivity contribution in [1.29, 1.82) is 5.26 Å². The molecule has 11 nitrogen and oxygen atoms in total. The SMILES string of the molecule is CN1CCC[C@H]1COc1nc(N2CCN[C@@H](CC#N)C2)c2[nH]c(=O)n(-c3cccc4cccc(Cl)c34)c(=O)c2n1. The predicted octanol–water partition coefficient (Wildman–Crippen LogP) is 2.44. The summed E-state index contributed by atoms with van der Waals surface area (Å²) < 4.78 is 7.14. The average Bonchev–Trinajstić information content (AvgIpc) is 3.37. The Morgan fingerprint density at radius 3 is 2.77 bits per heavy atom. The van der Waals surface area contributed by atoms with E-state index in [0.29, 0.717) is 54.6 Å². The molecule has 2 N–H and O–H groups in total. The third-order valence-electron chi connectivity index (χ3n) is 7.75. The number of H-pyrrole nitrogens is 1. The molecule has 12 heteroatoms. The van der Waals surface area contributed by atoms with Gasteiger partial charge >= 0.3 is 11.7 Å². The highest BCUT2D eigenvalue weighted by atomic mass is 35.5. The normalized spacial score (nSPS) is 19.8. The summed E-state index contributed by atoms with van der Waals surface area (Å²) >= 11 is 6.53. The molecule has 2 aliphatic heterocycles. The van der Waals surface area contributed by atoms with Gasteiger partial charge in [-0.15, -0.1) is 0 Å². The lowest BCUT2D eigenvalue weighted by Gasteiger charge is -2.34. The highest BCUT2D eigenvalue weighted by Crippen LogP contribution is 2.29. The van der Waals surface area contributed by atoms with Crippen molar-refractivity contribution < 1.29 is 4.74 Å². The van der Waals surface area contributed by atoms with Gasteiger partial charge in [-0.1, -0.05) is 35.9 Å². The number of anilines is 1. The van der Waals surface area contributed by atoms with Crippen molar-refractivity contribution in [2.75, 3.05) is 44.7 Å². The number of benzene rings is 2. The van der Waals surface area contributed by atoms with Crippen LogP contribution in [0.4, 0.5) is 5.82 Å². The number of likely N-dealkylation sites (tertiary alicyclic amines) is 1. The number of nitriles is 1. The molecular weight excluding hydrogens is 532 g/mol. The maximum Gasteiger partial charge on any atom is 0.333 e. The molecule has 2 fully saturated rings. The zero-order valence-corrected chi connectivity index (χ0v) is 22.8. The number of aromatic nitrogens is 4. The molecule has 0 spiro atoms. The first-order valence-electron chi connectivity index (χ1n) is 13.4. The molecule has 0 saturated carbocycles. The quantitative estimate of drug-likeness (QED) is 0.365. The summed E-state index contributed by atoms with van der Waals surface area (Å²) in [5.74, 6) is 0.404. The Bertz CT molecular complexity index is 1740. The van der Waals surface area contributed by atoms with Crippen LogP contribution in [-0.2, 0) is 0 Å². The number of rotatable bonds is 6. The molecule has 6 rings (SSSR count). The van der Waals surface area contributed by atoms with Crippen molar-refractivity contribution in [2.45, 2.75) is 31.3 Å². The minimum absolute atomic E-state index is 0.0406. The molecule has 0 amide bonds. The van der Waals surface area contributed by atoms with Gasteiger partial charge in [0.25, 0.3) is 5.56 Å². The van der Waals surface area contributed by atoms with Crippen molar-refractivity contribution in [3.63, 3.8) is 0 Å². The molecule has 206 valence electrons. The minimum atomic E-state index is -0.625. The van der Waals surface area contributed by atoms with Crippen LogP contribution in [0, 0.1) is 11.3 Å². The van der Waals surface area contributed by atoms with Crippen LogP contribution < -0.4 is 26.2 Å². The van der Waals surface area contributed by atoms with Crippen LogP contribution in [0.3, 0.4) is 0 Å². The minimum Gasteiger partial charge on any atom is -0.462 e. The van der Waals surface area contributed by atoms with Crippen molar-refractivity contribution in [1.82, 2.24) is 29.7 Å². The number of fused-ring (bicyclic) bond motifs is 2. The Morgan fingerprint density at radius 2 is 2.00 bits per heavy atom. The maximum atomic E-state index is 14.0. The first-order chi connectivity index (χ1) is 19.4. The van der Waals surface area contributed by atoms with Crippen LogP contribution in [-0.4, -0.2) is 76.3 Å². The van der Waals surface area contributed by atoms with Gasteiger partial charge < -0.3 is 24.8 Å². The van der Waals surface area contributed by atoms with Crippen molar-refractivity contribution >= 4 is 39.2 Å². The molecule has 40 heavy (non-hydrogen) atoms. The first-order valence-corrected chi connectivity index (χ1v) is 13.8. The lowest BCUT2D eigenvalue weighted by atomic mass is 10.1. The average molecular weight is 561 g/mol. The summed E-state index contributed by atoms with van der Waals surface area (Å²) in [5, 5.41) is 14.4. The van der Waals surface area contributed by atoms with Gasteiger partial charge in [0.1, 0.15) is 12.1 Å². The van der Waals surface area contributed by atoms with Crippen LogP contribution in [0.2, 0.25) is 5.02 Å². The number of nitrogens with zero attached hydrogens (tertiary/aromatic N) is 6. The van der Waals surface area contributed by atoms with E-state index in [0.717, 1.165) is 29.3 Å². The van der Waals surface area contributed by atoms with Gasteiger partial charge in [0.05, 0.1) is 23.2 Å². The van der Waals surface area contributed by atoms with Crippen molar-refractivity contribution in [3.05, 3.63) is 62.3 Å². The van der Waals surface area contributed by atoms with E-state index in [1.807, 2.05) is 23.1 Å². The Balaban J connectivity index is 1.52. The molecule has 0 unspecified atom stereocenters. The summed E-state index contributed by atoms with van der Waals surface area (Å²) in [7, 11) is 2.06. The Kier molecular flexibility index (Phi) is 7.14. The topological polar surface area (TPSA) is 132 Å². The largest absolute Gasteiger partial charge is 0.462 e. The van der Waals surface area contributed by atoms with Crippen LogP contribution in [0.5, 0.6) is 6.01 Å². The summed E-state index contributed by atoms with van der Waals surface area (Å²) in [5.41, 5.74) is -0.580. The second-order valence-corrected chi connectivity index (χ2v) is 10.7. The summed E-state index contributed by atoms with van der Waals surface area (Å²) in [6.07, 6.45) is 2.42. The van der Waals surface area contributed by atoms with Gasteiger partial charge in [-0.05, 0) is 44.0 Å². The molecule has 0 aliphatic carbocycles. The number of aromatic amines is 1. The molecule has 0 bridgehead atoms. The van der Waals surface area contributed by atoms with Gasteiger partial charge in [0.15, 0.2) is 11.3 Å². The van der Waals surface area contributed by atoms with Gasteiger partial charge in [-0.25, -0.2) is 9.36 Å². The van der Waals surface area contributed by atoms with Crippen LogP contribution in [0.15, 0.2) is 46.0 Å². The number of halogens is 1. The van der Waals surface area contributed by atoms with E-state index in [1.165, 1.54) is 0 Å². The smallest absolute Gasteiger partial charge is 0.333 e. The van der Waals surface area contributed by atoms with Crippen LogP contribution in [0.25, 0.3) is 27.5 Å². The fourth-order valence-corrected chi connectivity index (χ4v) is 5.94. The number of hydrogen-bond donors (Lipinski definition) is 2. The second-order valence-electron chi connectivity index (χ2n) is 10.3. The third-order valence-corrected chi connectivity index (χ3v) is 8.07. The van der Waals surface area contributed by atoms with Crippen molar-refractivity contribution in [3.8, 4) is 17.8 Å². The highest BCUT2D eigenvalue weighted by Gasteiger charge is 2.27. The Morgan fingerprint density at radius 1 is 1.18 bits per heavy atom. The number of ether oxygens (including phenoxy) is 1. The van der Waals surface area contributed by atoms with Crippen LogP contribution in [0.1, 0.15) is 19.3 Å². The van der Waals surface area contributed by atoms with E-state index in [9.17, 15) is 14.9 Å². The summed E-state index contributed by atoms with van der Waals surface area (Å²) in [6.45, 7) is 3.06. The molecule has 2 aromatic carbocycles. The number of piperazine rings is 1. The molecule has 4 aromatic rings. The van der Waals surface area contributed by atoms with E-state index in [1.54, 1.807) is 18.2 Å². The second kappa shape index (κ2) is 10.9. The monoisotopic (exact) mass is 560 g/mol. The molecule has 2 saturated heterocycles. The zero-order chi connectivity index (χ0) is 27.8. The maximum absolute atomic E-state index is 14.0. The van der Waals surface area contributed by atoms with Crippen LogP contribution >= 0.6 is 11.6 Å². The summed E-state index contributed by atoms with van der Waals surface area (Å²) in [6, 6.07) is 13.2. The fraction of sp³-hybridized carbons (Fsp3) is 0.393. The Labute approximate surface area is 235 Å². The number of nitrogens with one attached hydrogen (secondary N) is 2. The van der Waals surface area contributed by atoms with E-state index in [2.05, 4.69) is 38.3 Å². The first kappa shape index (κ1) is 26.3. The molecular formula is C28H29ClN8O3. The lowest BCUT2D eigenvalue weighted by Crippen LogP contribution is -2.51. The number of hydrogen-bond acceptors (Lipinski definition) is 9. The van der Waals surface area contributed by atoms with E-state index < -0.39 is 11.2 Å². The van der Waals surface area contributed by atoms with E-state index in [-0.39, 0.29) is 29.1 Å². The molecule has 2 atom stereocenters. The van der Waals surface area contributed by atoms with E-state index >= 15 is 0 Å². The van der Waals surface area contributed by atoms with Gasteiger partial charge in [-0.3, -0.25) is 4.79 Å². The Hall–Kier alpha value is -3.98. The number of likely N-dealkylation sites (N-methyl/N-ethyl adjacent to an activating group) is 1. The van der Waals surface area contributed by atoms with Gasteiger partial charge in [0, 0.05) is 37.1 Å². The third kappa shape index (κ3) is 4.79. The molecule has 2 aromatic heterocycles. The molecule has 0 radical (unpaired) electrons. The standard InChI is InChI=1S/C28H29ClN8O3/c1-35-13-4-7-19(35)16-40-27-32-24-23(25(34-27)36-14-12-31-18(15-36)10-11-30)33-28(39)37(26(24)38)21-9-3-6-17-5-2-8-20(29)22(17)21/h2-3,5-6,8-9,18-19,31H,4,7,10,12-16H2,1H3,(H,33,39)/t18-,19-/m0/s1. The van der Waals surface area contributed by atoms with E-state index in [4.69, 9.17) is 16.3 Å².